The fourth-order valence-corrected chi connectivity index (χ4v) is 4.75. The zero-order valence-electron chi connectivity index (χ0n) is 15.0. The van der Waals surface area contributed by atoms with Gasteiger partial charge in [-0.25, -0.2) is 0 Å². The van der Waals surface area contributed by atoms with Crippen LogP contribution in [0, 0.1) is 5.92 Å². The van der Waals surface area contributed by atoms with E-state index in [1.807, 2.05) is 6.07 Å². The Kier molecular flexibility index (Phi) is 6.54. The molecule has 1 aliphatic carbocycles. The maximum Gasteiger partial charge on any atom is 0.265 e. The maximum atomic E-state index is 11.5. The number of methoxy groups -OCH3 is 2. The first-order valence-corrected chi connectivity index (χ1v) is 11.5. The van der Waals surface area contributed by atoms with E-state index in [9.17, 15) is 21.4 Å². The highest BCUT2D eigenvalue weighted by Crippen LogP contribution is 2.43. The van der Waals surface area contributed by atoms with Gasteiger partial charge in [-0.1, -0.05) is 0 Å². The smallest absolute Gasteiger partial charge is 0.265 e. The molecular formula is C16H24O8S2. The number of ether oxygens (including phenoxy) is 2. The van der Waals surface area contributed by atoms with Gasteiger partial charge in [-0.2, -0.15) is 16.8 Å². The number of benzene rings is 1. The summed E-state index contributed by atoms with van der Waals surface area (Å²) in [5.41, 5.74) is 1.69. The zero-order chi connectivity index (χ0) is 19.5. The second-order valence-corrected chi connectivity index (χ2v) is 9.52. The van der Waals surface area contributed by atoms with Crippen molar-refractivity contribution in [2.24, 2.45) is 5.92 Å². The van der Waals surface area contributed by atoms with Crippen LogP contribution >= 0.6 is 0 Å². The van der Waals surface area contributed by atoms with Crippen LogP contribution in [0.5, 0.6) is 11.5 Å². The summed E-state index contributed by atoms with van der Waals surface area (Å²) in [6.45, 7) is -0.0336. The van der Waals surface area contributed by atoms with Crippen molar-refractivity contribution in [2.75, 3.05) is 32.8 Å². The van der Waals surface area contributed by atoms with Crippen LogP contribution < -0.4 is 9.47 Å². The molecule has 8 nitrogen and oxygen atoms in total. The lowest BCUT2D eigenvalue weighted by Gasteiger charge is -2.33. The predicted molar refractivity (Wildman–Crippen MR) is 95.9 cm³/mol. The highest BCUT2D eigenvalue weighted by Gasteiger charge is 2.34. The van der Waals surface area contributed by atoms with Gasteiger partial charge in [0.15, 0.2) is 11.5 Å². The van der Waals surface area contributed by atoms with Crippen molar-refractivity contribution >= 4 is 20.2 Å². The molecule has 0 heterocycles. The molecule has 0 aliphatic heterocycles. The Morgan fingerprint density at radius 1 is 1.12 bits per heavy atom. The lowest BCUT2D eigenvalue weighted by atomic mass is 9.74. The van der Waals surface area contributed by atoms with E-state index in [2.05, 4.69) is 0 Å². The molecule has 2 unspecified atom stereocenters. The predicted octanol–water partition coefficient (Wildman–Crippen LogP) is 1.60. The first kappa shape index (κ1) is 20.9. The second-order valence-electron chi connectivity index (χ2n) is 6.37. The summed E-state index contributed by atoms with van der Waals surface area (Å²) in [5, 5.41) is 0. The summed E-state index contributed by atoms with van der Waals surface area (Å²) in [6.07, 6.45) is 2.66. The number of fused-ring (bicyclic) bond motifs is 1. The van der Waals surface area contributed by atoms with E-state index in [0.717, 1.165) is 17.4 Å². The van der Waals surface area contributed by atoms with Crippen LogP contribution in [-0.4, -0.2) is 54.2 Å². The maximum absolute atomic E-state index is 11.5. The molecule has 0 saturated heterocycles. The molecule has 0 radical (unpaired) electrons. The van der Waals surface area contributed by atoms with E-state index >= 15 is 0 Å². The highest BCUT2D eigenvalue weighted by molar-refractivity contribution is 7.86. The van der Waals surface area contributed by atoms with Crippen LogP contribution in [0.25, 0.3) is 0 Å². The van der Waals surface area contributed by atoms with E-state index in [-0.39, 0.29) is 12.5 Å². The Hall–Kier alpha value is -1.36. The van der Waals surface area contributed by atoms with Crippen molar-refractivity contribution in [3.05, 3.63) is 23.3 Å². The molecular weight excluding hydrogens is 384 g/mol. The Bertz CT molecular complexity index is 845. The molecule has 2 atom stereocenters. The van der Waals surface area contributed by atoms with Crippen molar-refractivity contribution in [3.8, 4) is 11.5 Å². The Balaban J connectivity index is 2.35. The van der Waals surface area contributed by atoms with Crippen LogP contribution in [-0.2, 0) is 30.8 Å². The quantitative estimate of drug-likeness (QED) is 0.509. The summed E-state index contributed by atoms with van der Waals surface area (Å²) in [7, 11) is -4.77. The SMILES string of the molecule is COc1cc2c(cc1OC)C(CS(=O)(=O)O)C(CCOS(C)(=O)=O)CC2. The standard InChI is InChI=1S/C16H24O8S2/c1-22-15-8-12-5-4-11(6-7-24-25(3,17)18)14(10-26(19,20)21)13(12)9-16(15)23-2/h8-9,11,14H,4-7,10H2,1-3H3,(H,19,20,21). The minimum atomic E-state index is -4.22. The lowest BCUT2D eigenvalue weighted by Crippen LogP contribution is -2.28. The van der Waals surface area contributed by atoms with Crippen LogP contribution in [0.1, 0.15) is 29.9 Å². The lowest BCUT2D eigenvalue weighted by molar-refractivity contribution is 0.256. The average molecular weight is 408 g/mol. The summed E-state index contributed by atoms with van der Waals surface area (Å²) < 4.78 is 70.1. The van der Waals surface area contributed by atoms with Crippen molar-refractivity contribution in [3.63, 3.8) is 0 Å². The highest BCUT2D eigenvalue weighted by atomic mass is 32.2. The summed E-state index contributed by atoms with van der Waals surface area (Å²) in [5.74, 6) is -0.0599. The minimum Gasteiger partial charge on any atom is -0.493 e. The first-order chi connectivity index (χ1) is 12.0. The van der Waals surface area contributed by atoms with Crippen LogP contribution in [0.15, 0.2) is 12.1 Å². The minimum absolute atomic E-state index is 0.0336. The third-order valence-electron chi connectivity index (χ3n) is 4.57. The van der Waals surface area contributed by atoms with E-state index in [1.54, 1.807) is 6.07 Å². The normalized spacial score (nSPS) is 20.5. The molecule has 0 spiro atoms. The molecule has 1 aliphatic rings. The fraction of sp³-hybridized carbons (Fsp3) is 0.625. The number of aryl methyl sites for hydroxylation is 1. The van der Waals surface area contributed by atoms with Gasteiger partial charge < -0.3 is 9.47 Å². The van der Waals surface area contributed by atoms with Crippen molar-refractivity contribution in [1.82, 2.24) is 0 Å². The number of rotatable bonds is 8. The molecule has 1 aromatic carbocycles. The largest absolute Gasteiger partial charge is 0.493 e. The van der Waals surface area contributed by atoms with Gasteiger partial charge in [0.1, 0.15) is 0 Å². The summed E-state index contributed by atoms with van der Waals surface area (Å²) >= 11 is 0. The van der Waals surface area contributed by atoms with E-state index in [1.165, 1.54) is 14.2 Å². The molecule has 1 aromatic rings. The van der Waals surface area contributed by atoms with Gasteiger partial charge >= 0.3 is 0 Å². The van der Waals surface area contributed by atoms with E-state index in [4.69, 9.17) is 13.7 Å². The van der Waals surface area contributed by atoms with Gasteiger partial charge in [0.2, 0.25) is 0 Å². The zero-order valence-corrected chi connectivity index (χ0v) is 16.6. The first-order valence-electron chi connectivity index (χ1n) is 8.08. The number of hydrogen-bond acceptors (Lipinski definition) is 7. The fourth-order valence-electron chi connectivity index (χ4n) is 3.44. The average Bonchev–Trinajstić information content (AvgIpc) is 2.53. The Morgan fingerprint density at radius 3 is 2.27 bits per heavy atom. The molecule has 2 rings (SSSR count). The van der Waals surface area contributed by atoms with Crippen LogP contribution in [0.4, 0.5) is 0 Å². The topological polar surface area (TPSA) is 116 Å². The monoisotopic (exact) mass is 408 g/mol. The Labute approximate surface area is 154 Å². The molecule has 10 heteroatoms. The van der Waals surface area contributed by atoms with Crippen LogP contribution in [0.2, 0.25) is 0 Å². The molecule has 148 valence electrons. The summed E-state index contributed by atoms with van der Waals surface area (Å²) in [6, 6.07) is 3.54. The van der Waals surface area contributed by atoms with E-state index < -0.39 is 31.9 Å². The van der Waals surface area contributed by atoms with Gasteiger partial charge in [-0.15, -0.1) is 0 Å². The molecule has 0 amide bonds. The molecule has 0 aromatic heterocycles. The van der Waals surface area contributed by atoms with Gasteiger partial charge in [0, 0.05) is 5.92 Å². The Morgan fingerprint density at radius 2 is 1.73 bits per heavy atom. The van der Waals surface area contributed by atoms with Crippen molar-refractivity contribution in [2.45, 2.75) is 25.2 Å². The van der Waals surface area contributed by atoms with Crippen molar-refractivity contribution < 1.29 is 35.0 Å². The van der Waals surface area contributed by atoms with E-state index in [0.29, 0.717) is 30.8 Å². The van der Waals surface area contributed by atoms with Gasteiger partial charge in [0.25, 0.3) is 20.2 Å². The molecule has 0 bridgehead atoms. The second kappa shape index (κ2) is 8.12. The third-order valence-corrected chi connectivity index (χ3v) is 5.95. The molecule has 0 saturated carbocycles. The summed E-state index contributed by atoms with van der Waals surface area (Å²) in [4.78, 5) is 0. The van der Waals surface area contributed by atoms with Gasteiger partial charge in [-0.05, 0) is 48.4 Å². The molecule has 26 heavy (non-hydrogen) atoms. The van der Waals surface area contributed by atoms with Crippen LogP contribution in [0.3, 0.4) is 0 Å². The molecule has 0 fully saturated rings. The van der Waals surface area contributed by atoms with Gasteiger partial charge in [-0.3, -0.25) is 8.74 Å². The molecule has 1 N–H and O–H groups in total. The number of hydrogen-bond donors (Lipinski definition) is 1. The van der Waals surface area contributed by atoms with Crippen molar-refractivity contribution in [1.29, 1.82) is 0 Å². The van der Waals surface area contributed by atoms with Gasteiger partial charge in [0.05, 0.1) is 32.8 Å². The third kappa shape index (κ3) is 5.57.